The van der Waals surface area contributed by atoms with Crippen LogP contribution in [0.2, 0.25) is 0 Å². The molecule has 2 aromatic heterocycles. The molecule has 10 amide bonds. The number of aromatic nitrogens is 2. The predicted octanol–water partition coefficient (Wildman–Crippen LogP) is -0.0341. The first-order chi connectivity index (χ1) is 43.7. The molecule has 496 valence electrons. The van der Waals surface area contributed by atoms with Gasteiger partial charge < -0.3 is 84.2 Å². The number of benzene rings is 3. The van der Waals surface area contributed by atoms with Gasteiger partial charge in [0.05, 0.1) is 12.5 Å². The first kappa shape index (κ1) is 71.9. The number of primary amides is 1. The number of fused-ring (bicyclic) bond motifs is 2. The van der Waals surface area contributed by atoms with E-state index in [-0.39, 0.29) is 61.8 Å². The van der Waals surface area contributed by atoms with E-state index in [9.17, 15) is 68.1 Å². The van der Waals surface area contributed by atoms with Crippen molar-refractivity contribution in [3.63, 3.8) is 0 Å². The second-order valence-corrected chi connectivity index (χ2v) is 24.1. The van der Waals surface area contributed by atoms with Crippen molar-refractivity contribution in [3.05, 3.63) is 102 Å². The molecule has 0 radical (unpaired) electrons. The lowest BCUT2D eigenvalue weighted by Gasteiger charge is -2.31. The van der Waals surface area contributed by atoms with Crippen LogP contribution in [0.4, 0.5) is 0 Å². The summed E-state index contributed by atoms with van der Waals surface area (Å²) in [6.45, 7) is 6.82. The molecule has 0 spiro atoms. The van der Waals surface area contributed by atoms with Gasteiger partial charge in [-0.15, -0.1) is 0 Å². The summed E-state index contributed by atoms with van der Waals surface area (Å²) in [6.07, 6.45) is 1.39. The molecule has 5 aromatic rings. The number of phenols is 1. The number of nitrogens with zero attached hydrogens (tertiary/aromatic N) is 1. The van der Waals surface area contributed by atoms with Gasteiger partial charge in [0.15, 0.2) is 0 Å². The van der Waals surface area contributed by atoms with Crippen LogP contribution in [0, 0.1) is 11.8 Å². The van der Waals surface area contributed by atoms with E-state index < -0.39 is 157 Å². The summed E-state index contributed by atoms with van der Waals surface area (Å²) in [6, 6.07) is 5.83. The van der Waals surface area contributed by atoms with Gasteiger partial charge in [0, 0.05) is 77.9 Å². The van der Waals surface area contributed by atoms with Gasteiger partial charge in [-0.25, -0.2) is 4.79 Å². The number of para-hydroxylation sites is 2. The Kier molecular flexibility index (Phi) is 26.4. The highest BCUT2D eigenvalue weighted by Gasteiger charge is 2.41. The molecule has 1 aliphatic heterocycles. The second-order valence-electron chi connectivity index (χ2n) is 23.4. The molecule has 1 saturated heterocycles. The van der Waals surface area contributed by atoms with Crippen LogP contribution in [-0.4, -0.2) is 180 Å². The van der Waals surface area contributed by atoms with E-state index in [0.29, 0.717) is 34.0 Å². The van der Waals surface area contributed by atoms with Gasteiger partial charge in [-0.3, -0.25) is 52.7 Å². The summed E-state index contributed by atoms with van der Waals surface area (Å²) >= 11 is 8.31. The van der Waals surface area contributed by atoms with E-state index in [2.05, 4.69) is 77.8 Å². The molecule has 0 aliphatic carbocycles. The fourth-order valence-electron chi connectivity index (χ4n) is 10.6. The number of hydrogen-bond acceptors (Lipinski definition) is 16. The van der Waals surface area contributed by atoms with E-state index in [1.54, 1.807) is 64.4 Å². The van der Waals surface area contributed by atoms with Crippen molar-refractivity contribution in [1.82, 2.24) is 57.4 Å². The number of carboxylic acid groups (broad SMARTS) is 2. The molecule has 0 saturated carbocycles. The minimum atomic E-state index is -1.74. The summed E-state index contributed by atoms with van der Waals surface area (Å²) < 4.78 is 0. The number of carbonyl (C=O) groups excluding carboxylic acids is 10. The van der Waals surface area contributed by atoms with E-state index >= 15 is 4.79 Å². The highest BCUT2D eigenvalue weighted by atomic mass is 32.1. The van der Waals surface area contributed by atoms with Crippen LogP contribution in [0.3, 0.4) is 0 Å². The highest BCUT2D eigenvalue weighted by molar-refractivity contribution is 7.80. The standard InChI is InChI=1S/C62H81N13O15S2/c1-31(2)22-43(55(82)73-48(30-92)58(85)72-47(62(89)90)26-50(64)77)68-56(83)44(23-33-15-17-36(76)18-16-33)69-57(84)45(24-34-27-65-40-12-7-5-10-37(34)40)70-54(81)42(19-20-51(78)79)67-60(87)52(32(3)4)74-59(86)49-14-9-21-75(49)61(88)46(71-53(80)39(63)29-91)25-35-28-66-41-13-8-6-11-38(35)41/h5-8,10-13,15-18,27-28,31-32,39,42-49,52,65-66,76,91-92H,9,14,19-26,29-30,63H2,1-4H3,(H2,64,77)(H,67,87)(H,68,83)(H,69,84)(H,70,81)(H,71,80)(H,72,85)(H,73,82)(H,74,86)(H,78,79)(H,89,90)/t39-,42-,43-,44-,45-,46-,47-,48-,49-,52-/m0/s1. The maximum atomic E-state index is 15.0. The van der Waals surface area contributed by atoms with Crippen LogP contribution in [0.15, 0.2) is 85.2 Å². The summed E-state index contributed by atoms with van der Waals surface area (Å²) in [5.41, 5.74) is 14.2. The second kappa shape index (κ2) is 33.8. The molecule has 17 N–H and O–H groups in total. The Morgan fingerprint density at radius 3 is 1.61 bits per heavy atom. The molecule has 92 heavy (non-hydrogen) atoms. The Morgan fingerprint density at radius 1 is 0.587 bits per heavy atom. The van der Waals surface area contributed by atoms with Crippen LogP contribution in [-0.2, 0) is 76.8 Å². The molecule has 30 heteroatoms. The topological polar surface area (TPSA) is 449 Å². The number of aromatic amines is 2. The molecule has 6 rings (SSSR count). The molecule has 1 fully saturated rings. The number of phenolic OH excluding ortho intramolecular Hbond substituents is 1. The molecule has 0 bridgehead atoms. The molecule has 0 unspecified atom stereocenters. The van der Waals surface area contributed by atoms with Crippen molar-refractivity contribution in [2.45, 2.75) is 146 Å². The van der Waals surface area contributed by atoms with Gasteiger partial charge in [-0.1, -0.05) is 76.2 Å². The fraction of sp³-hybridized carbons (Fsp3) is 0.452. The number of amides is 10. The number of nitrogens with one attached hydrogen (secondary N) is 10. The molecule has 10 atom stereocenters. The van der Waals surface area contributed by atoms with Crippen LogP contribution in [0.25, 0.3) is 21.8 Å². The zero-order valence-electron chi connectivity index (χ0n) is 51.2. The Bertz CT molecular complexity index is 3490. The number of carboxylic acids is 2. The number of likely N-dealkylation sites (tertiary alicyclic amines) is 1. The maximum absolute atomic E-state index is 15.0. The average Bonchev–Trinajstić information content (AvgIpc) is 1.66. The summed E-state index contributed by atoms with van der Waals surface area (Å²) in [4.78, 5) is 172. The lowest BCUT2D eigenvalue weighted by molar-refractivity contribution is -0.143. The number of rotatable bonds is 34. The Balaban J connectivity index is 1.25. The highest BCUT2D eigenvalue weighted by Crippen LogP contribution is 2.25. The summed E-state index contributed by atoms with van der Waals surface area (Å²) in [5.74, 6) is -13.2. The van der Waals surface area contributed by atoms with Crippen molar-refractivity contribution in [2.75, 3.05) is 18.1 Å². The number of H-pyrrole nitrogens is 2. The number of thiol groups is 2. The van der Waals surface area contributed by atoms with Crippen LogP contribution >= 0.6 is 25.3 Å². The number of carbonyl (C=O) groups is 12. The predicted molar refractivity (Wildman–Crippen MR) is 344 cm³/mol. The zero-order chi connectivity index (χ0) is 67.5. The number of aromatic hydroxyl groups is 1. The molecular weight excluding hydrogens is 1230 g/mol. The monoisotopic (exact) mass is 1310 g/mol. The van der Waals surface area contributed by atoms with E-state index in [4.69, 9.17) is 11.5 Å². The summed E-state index contributed by atoms with van der Waals surface area (Å²) in [7, 11) is 0. The largest absolute Gasteiger partial charge is 0.508 e. The number of nitrogens with two attached hydrogens (primary N) is 2. The van der Waals surface area contributed by atoms with Gasteiger partial charge in [0.1, 0.15) is 60.1 Å². The molecule has 3 heterocycles. The smallest absolute Gasteiger partial charge is 0.326 e. The minimum Gasteiger partial charge on any atom is -0.508 e. The van der Waals surface area contributed by atoms with E-state index in [0.717, 1.165) is 10.9 Å². The molecular formula is C62H81N13O15S2. The van der Waals surface area contributed by atoms with Crippen molar-refractivity contribution in [2.24, 2.45) is 23.3 Å². The SMILES string of the molecule is CC(C)C[C@H](NC(=O)[C@H](Cc1ccc(O)cc1)NC(=O)[C@H](Cc1c[nH]c2ccccc12)NC(=O)[C@H](CCC(=O)O)NC(=O)[C@@H](NC(=O)[C@@H]1CCCN1C(=O)[C@H](Cc1c[nH]c2ccccc12)NC(=O)[C@@H](N)CS)C(C)C)C(=O)N[C@@H](CS)C(=O)N[C@@H](CC(N)=O)C(=O)O. The normalized spacial score (nSPS) is 16.0. The third kappa shape index (κ3) is 20.2. The first-order valence-corrected chi connectivity index (χ1v) is 31.3. The van der Waals surface area contributed by atoms with Crippen molar-refractivity contribution in [1.29, 1.82) is 0 Å². The number of hydrogen-bond donors (Lipinski definition) is 17. The third-order valence-electron chi connectivity index (χ3n) is 15.5. The molecule has 1 aliphatic rings. The molecule has 3 aromatic carbocycles. The average molecular weight is 1310 g/mol. The van der Waals surface area contributed by atoms with E-state index in [1.807, 2.05) is 24.3 Å². The van der Waals surface area contributed by atoms with Gasteiger partial charge in [0.2, 0.25) is 59.1 Å². The Morgan fingerprint density at radius 2 is 1.08 bits per heavy atom. The Labute approximate surface area is 540 Å². The van der Waals surface area contributed by atoms with Crippen LogP contribution in [0.1, 0.15) is 82.9 Å². The maximum Gasteiger partial charge on any atom is 0.326 e. The zero-order valence-corrected chi connectivity index (χ0v) is 53.0. The number of aliphatic carboxylic acids is 2. The lowest BCUT2D eigenvalue weighted by atomic mass is 9.99. The van der Waals surface area contributed by atoms with Gasteiger partial charge >= 0.3 is 11.9 Å². The van der Waals surface area contributed by atoms with Crippen molar-refractivity contribution in [3.8, 4) is 5.75 Å². The minimum absolute atomic E-state index is 0.0161. The van der Waals surface area contributed by atoms with Crippen LogP contribution in [0.5, 0.6) is 5.75 Å². The summed E-state index contributed by atoms with van der Waals surface area (Å²) in [5, 5.41) is 51.8. The van der Waals surface area contributed by atoms with Gasteiger partial charge in [0.25, 0.3) is 0 Å². The Hall–Kier alpha value is -9.16. The van der Waals surface area contributed by atoms with Crippen molar-refractivity contribution >= 4 is 118 Å². The van der Waals surface area contributed by atoms with Crippen molar-refractivity contribution < 1.29 is 72.9 Å². The third-order valence-corrected chi connectivity index (χ3v) is 16.3. The van der Waals surface area contributed by atoms with E-state index in [1.165, 1.54) is 29.2 Å². The molecule has 28 nitrogen and oxygen atoms in total. The quantitative estimate of drug-likeness (QED) is 0.0240. The van der Waals surface area contributed by atoms with Gasteiger partial charge in [-0.2, -0.15) is 25.3 Å². The lowest BCUT2D eigenvalue weighted by Crippen LogP contribution is -2.61. The first-order valence-electron chi connectivity index (χ1n) is 30.0. The van der Waals surface area contributed by atoms with Gasteiger partial charge in [-0.05, 0) is 78.5 Å². The fourth-order valence-corrected chi connectivity index (χ4v) is 11.1. The van der Waals surface area contributed by atoms with Crippen LogP contribution < -0.4 is 54.0 Å².